The normalized spacial score (nSPS) is 11.9. The molecule has 0 aliphatic rings. The van der Waals surface area contributed by atoms with Gasteiger partial charge in [0.25, 0.3) is 5.91 Å². The number of aliphatic imine (C=N–C) groups is 1. The number of carbonyl (C=O) groups excluding carboxylic acids is 1. The molecular weight excluding hydrogens is 294 g/mol. The van der Waals surface area contributed by atoms with E-state index in [1.807, 2.05) is 32.3 Å². The summed E-state index contributed by atoms with van der Waals surface area (Å²) in [6, 6.07) is 7.47. The van der Waals surface area contributed by atoms with E-state index in [1.165, 1.54) is 7.05 Å². The third-order valence-electron chi connectivity index (χ3n) is 3.34. The number of fused-ring (bicyclic) bond motifs is 1. The molecule has 0 radical (unpaired) electrons. The number of nitrogens with one attached hydrogen (secondary N) is 2. The number of guanidine groups is 1. The summed E-state index contributed by atoms with van der Waals surface area (Å²) in [6.07, 6.45) is 0.957. The molecule has 4 N–H and O–H groups in total. The predicted octanol–water partition coefficient (Wildman–Crippen LogP) is 1.17. The number of aromatic amines is 1. The summed E-state index contributed by atoms with van der Waals surface area (Å²) in [6.45, 7) is 1.64. The summed E-state index contributed by atoms with van der Waals surface area (Å²) in [4.78, 5) is 20.9. The highest BCUT2D eigenvalue weighted by molar-refractivity contribution is 6.06. The second-order valence-electron chi connectivity index (χ2n) is 5.50. The molecule has 0 fully saturated rings. The SMILES string of the molecule is CN=C(N)NC(=O)c1cc2ccc(OCCCN(C)C)cc2[nH]1. The number of nitrogens with zero attached hydrogens (tertiary/aromatic N) is 2. The summed E-state index contributed by atoms with van der Waals surface area (Å²) in [7, 11) is 5.59. The van der Waals surface area contributed by atoms with Gasteiger partial charge in [0, 0.05) is 30.6 Å². The van der Waals surface area contributed by atoms with Crippen molar-refractivity contribution in [3.8, 4) is 5.75 Å². The second-order valence-corrected chi connectivity index (χ2v) is 5.50. The maximum absolute atomic E-state index is 12.0. The first-order chi connectivity index (χ1) is 11.0. The van der Waals surface area contributed by atoms with Crippen molar-refractivity contribution in [2.24, 2.45) is 10.7 Å². The van der Waals surface area contributed by atoms with E-state index in [9.17, 15) is 4.79 Å². The van der Waals surface area contributed by atoms with Gasteiger partial charge in [-0.15, -0.1) is 0 Å². The van der Waals surface area contributed by atoms with Crippen molar-refractivity contribution < 1.29 is 9.53 Å². The van der Waals surface area contributed by atoms with Crippen LogP contribution in [0.5, 0.6) is 5.75 Å². The van der Waals surface area contributed by atoms with Crippen molar-refractivity contribution in [1.82, 2.24) is 15.2 Å². The Morgan fingerprint density at radius 3 is 2.87 bits per heavy atom. The number of ether oxygens (including phenoxy) is 1. The molecule has 0 aliphatic carbocycles. The molecule has 2 rings (SSSR count). The van der Waals surface area contributed by atoms with Crippen molar-refractivity contribution in [2.45, 2.75) is 6.42 Å². The van der Waals surface area contributed by atoms with E-state index in [4.69, 9.17) is 10.5 Å². The smallest absolute Gasteiger partial charge is 0.274 e. The molecule has 1 aromatic heterocycles. The standard InChI is InChI=1S/C16H23N5O2/c1-18-16(17)20-15(22)14-9-11-5-6-12(10-13(11)19-14)23-8-4-7-21(2)3/h5-6,9-10,19H,4,7-8H2,1-3H3,(H3,17,18,20,22). The molecule has 0 saturated carbocycles. The van der Waals surface area contributed by atoms with Crippen LogP contribution >= 0.6 is 0 Å². The molecule has 7 nitrogen and oxygen atoms in total. The minimum absolute atomic E-state index is 0.0820. The third-order valence-corrected chi connectivity index (χ3v) is 3.34. The molecule has 0 bridgehead atoms. The zero-order chi connectivity index (χ0) is 16.8. The molecule has 7 heteroatoms. The van der Waals surface area contributed by atoms with Crippen molar-refractivity contribution in [1.29, 1.82) is 0 Å². The first-order valence-corrected chi connectivity index (χ1v) is 7.43. The minimum atomic E-state index is -0.322. The van der Waals surface area contributed by atoms with Crippen LogP contribution in [0.25, 0.3) is 10.9 Å². The van der Waals surface area contributed by atoms with E-state index in [0.29, 0.717) is 12.3 Å². The van der Waals surface area contributed by atoms with Gasteiger partial charge in [-0.1, -0.05) is 0 Å². The van der Waals surface area contributed by atoms with Crippen molar-refractivity contribution in [3.63, 3.8) is 0 Å². The van der Waals surface area contributed by atoms with E-state index in [0.717, 1.165) is 29.6 Å². The van der Waals surface area contributed by atoms with Gasteiger partial charge in [0.15, 0.2) is 5.96 Å². The van der Waals surface area contributed by atoms with Crippen LogP contribution in [-0.2, 0) is 0 Å². The summed E-state index contributed by atoms with van der Waals surface area (Å²) < 4.78 is 5.73. The second kappa shape index (κ2) is 7.64. The zero-order valence-corrected chi connectivity index (χ0v) is 13.7. The number of hydrogen-bond acceptors (Lipinski definition) is 4. The number of H-pyrrole nitrogens is 1. The van der Waals surface area contributed by atoms with Crippen LogP contribution < -0.4 is 15.8 Å². The fourth-order valence-corrected chi connectivity index (χ4v) is 2.13. The number of amides is 1. The molecule has 0 atom stereocenters. The monoisotopic (exact) mass is 317 g/mol. The van der Waals surface area contributed by atoms with Crippen LogP contribution in [0.15, 0.2) is 29.3 Å². The number of carbonyl (C=O) groups is 1. The molecule has 0 unspecified atom stereocenters. The molecule has 0 spiro atoms. The molecular formula is C16H23N5O2. The van der Waals surface area contributed by atoms with Gasteiger partial charge in [-0.3, -0.25) is 15.1 Å². The molecule has 1 heterocycles. The lowest BCUT2D eigenvalue weighted by molar-refractivity contribution is 0.0972. The van der Waals surface area contributed by atoms with Gasteiger partial charge in [0.05, 0.1) is 6.61 Å². The fraction of sp³-hybridized carbons (Fsp3) is 0.375. The van der Waals surface area contributed by atoms with E-state index in [-0.39, 0.29) is 11.9 Å². The predicted molar refractivity (Wildman–Crippen MR) is 92.0 cm³/mol. The Hall–Kier alpha value is -2.54. The Morgan fingerprint density at radius 1 is 1.39 bits per heavy atom. The zero-order valence-electron chi connectivity index (χ0n) is 13.7. The van der Waals surface area contributed by atoms with Crippen molar-refractivity contribution in [2.75, 3.05) is 34.3 Å². The fourth-order valence-electron chi connectivity index (χ4n) is 2.13. The minimum Gasteiger partial charge on any atom is -0.493 e. The Balaban J connectivity index is 2.04. The van der Waals surface area contributed by atoms with Crippen LogP contribution in [0.4, 0.5) is 0 Å². The average molecular weight is 317 g/mol. The van der Waals surface area contributed by atoms with Crippen LogP contribution in [0.3, 0.4) is 0 Å². The first kappa shape index (κ1) is 16.8. The Kier molecular flexibility index (Phi) is 5.59. The molecule has 2 aromatic rings. The van der Waals surface area contributed by atoms with Gasteiger partial charge in [-0.05, 0) is 38.7 Å². The van der Waals surface area contributed by atoms with Gasteiger partial charge in [0.2, 0.25) is 0 Å². The lowest BCUT2D eigenvalue weighted by atomic mass is 10.2. The van der Waals surface area contributed by atoms with E-state index < -0.39 is 0 Å². The van der Waals surface area contributed by atoms with E-state index >= 15 is 0 Å². The Bertz CT molecular complexity index is 706. The maximum atomic E-state index is 12.0. The lowest BCUT2D eigenvalue weighted by Crippen LogP contribution is -2.36. The molecule has 1 amide bonds. The molecule has 1 aromatic carbocycles. The Labute approximate surface area is 135 Å². The van der Waals surface area contributed by atoms with Crippen molar-refractivity contribution >= 4 is 22.8 Å². The van der Waals surface area contributed by atoms with Crippen molar-refractivity contribution in [3.05, 3.63) is 30.0 Å². The highest BCUT2D eigenvalue weighted by Crippen LogP contribution is 2.21. The van der Waals surface area contributed by atoms with E-state index in [2.05, 4.69) is 20.2 Å². The molecule has 23 heavy (non-hydrogen) atoms. The topological polar surface area (TPSA) is 95.7 Å². The van der Waals surface area contributed by atoms with Gasteiger partial charge < -0.3 is 20.4 Å². The van der Waals surface area contributed by atoms with Crippen LogP contribution in [0.1, 0.15) is 16.9 Å². The van der Waals surface area contributed by atoms with Crippen LogP contribution in [0, 0.1) is 0 Å². The lowest BCUT2D eigenvalue weighted by Gasteiger charge is -2.10. The summed E-state index contributed by atoms with van der Waals surface area (Å²) >= 11 is 0. The largest absolute Gasteiger partial charge is 0.493 e. The highest BCUT2D eigenvalue weighted by Gasteiger charge is 2.10. The third kappa shape index (κ3) is 4.72. The molecule has 124 valence electrons. The number of nitrogens with two attached hydrogens (primary N) is 1. The van der Waals surface area contributed by atoms with E-state index in [1.54, 1.807) is 6.07 Å². The summed E-state index contributed by atoms with van der Waals surface area (Å²) in [5, 5.41) is 3.43. The number of rotatable bonds is 6. The first-order valence-electron chi connectivity index (χ1n) is 7.43. The summed E-state index contributed by atoms with van der Waals surface area (Å²) in [5.74, 6) is 0.538. The maximum Gasteiger partial charge on any atom is 0.274 e. The highest BCUT2D eigenvalue weighted by atomic mass is 16.5. The number of hydrogen-bond donors (Lipinski definition) is 3. The average Bonchev–Trinajstić information content (AvgIpc) is 2.94. The van der Waals surface area contributed by atoms with Gasteiger partial charge >= 0.3 is 0 Å². The van der Waals surface area contributed by atoms with Gasteiger partial charge in [0.1, 0.15) is 11.4 Å². The van der Waals surface area contributed by atoms with Crippen LogP contribution in [0.2, 0.25) is 0 Å². The molecule has 0 saturated heterocycles. The van der Waals surface area contributed by atoms with Crippen LogP contribution in [-0.4, -0.2) is 56.0 Å². The quantitative estimate of drug-likeness (QED) is 0.423. The number of aromatic nitrogens is 1. The number of benzene rings is 1. The molecule has 0 aliphatic heterocycles. The summed E-state index contributed by atoms with van der Waals surface area (Å²) in [5.41, 5.74) is 6.77. The van der Waals surface area contributed by atoms with Gasteiger partial charge in [-0.25, -0.2) is 0 Å². The Morgan fingerprint density at radius 2 is 2.17 bits per heavy atom. The van der Waals surface area contributed by atoms with Gasteiger partial charge in [-0.2, -0.15) is 0 Å².